The molecule has 1 amide bonds. The van der Waals surface area contributed by atoms with E-state index >= 15 is 0 Å². The van der Waals surface area contributed by atoms with Gasteiger partial charge in [-0.3, -0.25) is 9.59 Å². The van der Waals surface area contributed by atoms with E-state index in [0.717, 1.165) is 12.8 Å². The van der Waals surface area contributed by atoms with Gasteiger partial charge in [-0.2, -0.15) is 0 Å². The molecule has 3 heterocycles. The van der Waals surface area contributed by atoms with Gasteiger partial charge in [-0.1, -0.05) is 18.2 Å². The summed E-state index contributed by atoms with van der Waals surface area (Å²) in [4.78, 5) is 32.5. The first-order valence-corrected chi connectivity index (χ1v) is 9.26. The highest BCUT2D eigenvalue weighted by Gasteiger charge is 2.28. The summed E-state index contributed by atoms with van der Waals surface area (Å²) in [6.45, 7) is 1.15. The second-order valence-electron chi connectivity index (χ2n) is 6.96. The quantitative estimate of drug-likeness (QED) is 0.753. The van der Waals surface area contributed by atoms with Gasteiger partial charge in [0.05, 0.1) is 17.7 Å². The van der Waals surface area contributed by atoms with Crippen molar-refractivity contribution in [3.05, 3.63) is 87.7 Å². The van der Waals surface area contributed by atoms with Gasteiger partial charge in [-0.05, 0) is 30.5 Å². The zero-order chi connectivity index (χ0) is 19.5. The molecule has 0 unspecified atom stereocenters. The minimum absolute atomic E-state index is 0.00479. The first-order chi connectivity index (χ1) is 13.6. The Bertz CT molecular complexity index is 1020. The van der Waals surface area contributed by atoms with Crippen LogP contribution in [0.5, 0.6) is 0 Å². The lowest BCUT2D eigenvalue weighted by atomic mass is 9.97. The summed E-state index contributed by atoms with van der Waals surface area (Å²) in [5, 5.41) is 0. The number of carbonyl (C=O) groups excluding carboxylic acids is 1. The standard InChI is InChI=1S/C21H20FN3O3/c22-18-6-2-1-4-14(18)10-17-12-24-20(28-17)16-5-3-9-25(13-16)21(27)15-7-8-19(26)23-11-15/h1-2,4,6-8,11-12,16H,3,5,9-10,13H2,(H,23,26)/t16-/m1/s1. The van der Waals surface area contributed by atoms with Crippen LogP contribution in [0.25, 0.3) is 0 Å². The largest absolute Gasteiger partial charge is 0.445 e. The minimum atomic E-state index is -0.268. The smallest absolute Gasteiger partial charge is 0.255 e. The monoisotopic (exact) mass is 381 g/mol. The number of likely N-dealkylation sites (tertiary alicyclic amines) is 1. The Morgan fingerprint density at radius 3 is 2.93 bits per heavy atom. The van der Waals surface area contributed by atoms with E-state index in [1.807, 2.05) is 0 Å². The molecule has 7 heteroatoms. The van der Waals surface area contributed by atoms with E-state index in [4.69, 9.17) is 4.42 Å². The van der Waals surface area contributed by atoms with Gasteiger partial charge in [0, 0.05) is 31.8 Å². The Morgan fingerprint density at radius 2 is 2.14 bits per heavy atom. The number of aromatic nitrogens is 2. The molecule has 0 aliphatic carbocycles. The van der Waals surface area contributed by atoms with Crippen LogP contribution in [0.15, 0.2) is 58.0 Å². The maximum atomic E-state index is 13.8. The van der Waals surface area contributed by atoms with Crippen LogP contribution in [-0.2, 0) is 6.42 Å². The topological polar surface area (TPSA) is 79.2 Å². The SMILES string of the molecule is O=C(c1ccc(=O)[nH]c1)N1CCC[C@@H](c2ncc(Cc3ccccc3F)o2)C1. The Balaban J connectivity index is 1.45. The number of nitrogens with one attached hydrogen (secondary N) is 1. The van der Waals surface area contributed by atoms with Crippen molar-refractivity contribution >= 4 is 5.91 Å². The molecule has 1 aromatic carbocycles. The highest BCUT2D eigenvalue weighted by atomic mass is 19.1. The summed E-state index contributed by atoms with van der Waals surface area (Å²) in [7, 11) is 0. The molecule has 1 aliphatic heterocycles. The van der Waals surface area contributed by atoms with Gasteiger partial charge < -0.3 is 14.3 Å². The number of oxazole rings is 1. The van der Waals surface area contributed by atoms with Crippen LogP contribution in [0.3, 0.4) is 0 Å². The molecule has 1 saturated heterocycles. The number of amides is 1. The predicted molar refractivity (Wildman–Crippen MR) is 101 cm³/mol. The Morgan fingerprint density at radius 1 is 1.29 bits per heavy atom. The highest BCUT2D eigenvalue weighted by molar-refractivity contribution is 5.93. The molecule has 4 rings (SSSR count). The minimum Gasteiger partial charge on any atom is -0.445 e. The van der Waals surface area contributed by atoms with Crippen molar-refractivity contribution in [2.75, 3.05) is 13.1 Å². The number of rotatable bonds is 4. The van der Waals surface area contributed by atoms with Crippen LogP contribution in [-0.4, -0.2) is 33.9 Å². The van der Waals surface area contributed by atoms with E-state index in [1.165, 1.54) is 24.4 Å². The molecule has 144 valence electrons. The van der Waals surface area contributed by atoms with Crippen molar-refractivity contribution < 1.29 is 13.6 Å². The fourth-order valence-corrected chi connectivity index (χ4v) is 3.51. The number of H-pyrrole nitrogens is 1. The number of nitrogens with zero attached hydrogens (tertiary/aromatic N) is 2. The number of hydrogen-bond donors (Lipinski definition) is 1. The van der Waals surface area contributed by atoms with Gasteiger partial charge in [0.25, 0.3) is 5.91 Å². The maximum absolute atomic E-state index is 13.8. The van der Waals surface area contributed by atoms with Gasteiger partial charge >= 0.3 is 0 Å². The summed E-state index contributed by atoms with van der Waals surface area (Å²) in [6.07, 6.45) is 5.11. The lowest BCUT2D eigenvalue weighted by molar-refractivity contribution is 0.0697. The van der Waals surface area contributed by atoms with Crippen LogP contribution in [0.1, 0.15) is 46.3 Å². The van der Waals surface area contributed by atoms with Crippen LogP contribution < -0.4 is 5.56 Å². The first-order valence-electron chi connectivity index (χ1n) is 9.26. The fourth-order valence-electron chi connectivity index (χ4n) is 3.51. The molecule has 2 aromatic heterocycles. The molecular weight excluding hydrogens is 361 g/mol. The summed E-state index contributed by atoms with van der Waals surface area (Å²) in [5.41, 5.74) is 0.770. The van der Waals surface area contributed by atoms with E-state index < -0.39 is 0 Å². The van der Waals surface area contributed by atoms with Gasteiger partial charge in [0.15, 0.2) is 5.89 Å². The van der Waals surface area contributed by atoms with Crippen LogP contribution in [0.2, 0.25) is 0 Å². The third kappa shape index (κ3) is 3.88. The number of piperidine rings is 1. The molecule has 0 bridgehead atoms. The van der Waals surface area contributed by atoms with Crippen molar-refractivity contribution in [1.29, 1.82) is 0 Å². The first kappa shape index (κ1) is 18.2. The van der Waals surface area contributed by atoms with Crippen molar-refractivity contribution in [3.8, 4) is 0 Å². The average molecular weight is 381 g/mol. The average Bonchev–Trinajstić information content (AvgIpc) is 3.19. The predicted octanol–water partition coefficient (Wildman–Crippen LogP) is 3.11. The molecule has 28 heavy (non-hydrogen) atoms. The number of halogens is 1. The number of aromatic amines is 1. The second-order valence-corrected chi connectivity index (χ2v) is 6.96. The third-order valence-corrected chi connectivity index (χ3v) is 4.98. The second kappa shape index (κ2) is 7.80. The molecule has 1 fully saturated rings. The molecule has 0 spiro atoms. The van der Waals surface area contributed by atoms with Crippen molar-refractivity contribution in [2.45, 2.75) is 25.2 Å². The maximum Gasteiger partial charge on any atom is 0.255 e. The number of hydrogen-bond acceptors (Lipinski definition) is 4. The van der Waals surface area contributed by atoms with Gasteiger partial charge in [0.2, 0.25) is 5.56 Å². The Hall–Kier alpha value is -3.22. The zero-order valence-electron chi connectivity index (χ0n) is 15.2. The van der Waals surface area contributed by atoms with Crippen LogP contribution in [0.4, 0.5) is 4.39 Å². The Labute approximate surface area is 161 Å². The highest BCUT2D eigenvalue weighted by Crippen LogP contribution is 2.28. The summed E-state index contributed by atoms with van der Waals surface area (Å²) < 4.78 is 19.7. The molecule has 1 aliphatic rings. The van der Waals surface area contributed by atoms with Gasteiger partial charge in [-0.25, -0.2) is 9.37 Å². The molecule has 1 N–H and O–H groups in total. The summed E-state index contributed by atoms with van der Waals surface area (Å²) in [6, 6.07) is 9.47. The van der Waals surface area contributed by atoms with Crippen molar-refractivity contribution in [3.63, 3.8) is 0 Å². The number of carbonyl (C=O) groups is 1. The third-order valence-electron chi connectivity index (χ3n) is 4.98. The molecule has 6 nitrogen and oxygen atoms in total. The summed E-state index contributed by atoms with van der Waals surface area (Å²) >= 11 is 0. The van der Waals surface area contributed by atoms with Crippen LogP contribution in [0, 0.1) is 5.82 Å². The molecule has 1 atom stereocenters. The lowest BCUT2D eigenvalue weighted by Crippen LogP contribution is -2.39. The van der Waals surface area contributed by atoms with E-state index in [9.17, 15) is 14.0 Å². The van der Waals surface area contributed by atoms with E-state index in [1.54, 1.807) is 29.3 Å². The number of benzene rings is 1. The van der Waals surface area contributed by atoms with Gasteiger partial charge in [0.1, 0.15) is 11.6 Å². The van der Waals surface area contributed by atoms with Crippen molar-refractivity contribution in [2.24, 2.45) is 0 Å². The summed E-state index contributed by atoms with van der Waals surface area (Å²) in [5.74, 6) is 0.777. The van der Waals surface area contributed by atoms with E-state index in [2.05, 4.69) is 9.97 Å². The Kier molecular flexibility index (Phi) is 5.06. The zero-order valence-corrected chi connectivity index (χ0v) is 15.2. The number of pyridine rings is 1. The van der Waals surface area contributed by atoms with E-state index in [-0.39, 0.29) is 23.2 Å². The van der Waals surface area contributed by atoms with Crippen molar-refractivity contribution in [1.82, 2.24) is 14.9 Å². The van der Waals surface area contributed by atoms with Crippen LogP contribution >= 0.6 is 0 Å². The molecule has 0 saturated carbocycles. The fraction of sp³-hybridized carbons (Fsp3) is 0.286. The lowest BCUT2D eigenvalue weighted by Gasteiger charge is -2.31. The normalized spacial score (nSPS) is 16.9. The molecule has 0 radical (unpaired) electrons. The van der Waals surface area contributed by atoms with E-state index in [0.29, 0.717) is 42.3 Å². The van der Waals surface area contributed by atoms with Gasteiger partial charge in [-0.15, -0.1) is 0 Å². The molecule has 3 aromatic rings. The molecular formula is C21H20FN3O3.